The second-order valence-electron chi connectivity index (χ2n) is 3.96. The van der Waals surface area contributed by atoms with Crippen LogP contribution >= 0.6 is 0 Å². The lowest BCUT2D eigenvalue weighted by Gasteiger charge is -2.13. The number of carbonyl (C=O) groups excluding carboxylic acids is 1. The molecule has 0 unspecified atom stereocenters. The minimum absolute atomic E-state index is 0.194. The molecule has 0 aliphatic carbocycles. The van der Waals surface area contributed by atoms with E-state index in [1.165, 1.54) is 12.1 Å². The topological polar surface area (TPSA) is 42.0 Å². The quantitative estimate of drug-likeness (QED) is 0.902. The summed E-state index contributed by atoms with van der Waals surface area (Å²) in [5, 5.41) is 2.81. The molecule has 4 heteroatoms. The average molecular weight is 244 g/mol. The highest BCUT2D eigenvalue weighted by atomic mass is 19.1. The average Bonchev–Trinajstić information content (AvgIpc) is 2.40. The molecule has 0 saturated carbocycles. The Kier molecular flexibility index (Phi) is 3.67. The first-order valence-electron chi connectivity index (χ1n) is 5.64. The molecule has 1 amide bonds. The summed E-state index contributed by atoms with van der Waals surface area (Å²) in [6.07, 6.45) is 1.57. The minimum Gasteiger partial charge on any atom is -0.344 e. The Bertz CT molecular complexity index is 525. The van der Waals surface area contributed by atoms with E-state index in [0.29, 0.717) is 5.69 Å². The standard InChI is InChI=1S/C14H13FN2O/c1-10(11-5-7-12(15)8-6-11)17-14(18)13-4-2-3-9-16-13/h2-10H,1H3,(H,17,18)/t10-/m0/s1. The summed E-state index contributed by atoms with van der Waals surface area (Å²) in [6, 6.07) is 11.0. The number of pyridine rings is 1. The molecule has 0 aliphatic heterocycles. The Balaban J connectivity index is 2.06. The predicted octanol–water partition coefficient (Wildman–Crippen LogP) is 2.71. The van der Waals surface area contributed by atoms with Crippen molar-refractivity contribution in [3.8, 4) is 0 Å². The van der Waals surface area contributed by atoms with Crippen molar-refractivity contribution >= 4 is 5.91 Å². The van der Waals surface area contributed by atoms with Crippen LogP contribution in [0.5, 0.6) is 0 Å². The summed E-state index contributed by atoms with van der Waals surface area (Å²) in [5.41, 5.74) is 1.21. The SMILES string of the molecule is C[C@H](NC(=O)c1ccccn1)c1ccc(F)cc1. The first kappa shape index (κ1) is 12.2. The van der Waals surface area contributed by atoms with Gasteiger partial charge >= 0.3 is 0 Å². The second kappa shape index (κ2) is 5.40. The smallest absolute Gasteiger partial charge is 0.270 e. The number of hydrogen-bond acceptors (Lipinski definition) is 2. The molecule has 0 fully saturated rings. The molecule has 2 rings (SSSR count). The number of rotatable bonds is 3. The van der Waals surface area contributed by atoms with Crippen LogP contribution in [0.2, 0.25) is 0 Å². The van der Waals surface area contributed by atoms with Gasteiger partial charge in [0.15, 0.2) is 0 Å². The molecular formula is C14H13FN2O. The van der Waals surface area contributed by atoms with E-state index in [4.69, 9.17) is 0 Å². The van der Waals surface area contributed by atoms with Gasteiger partial charge in [-0.05, 0) is 36.8 Å². The van der Waals surface area contributed by atoms with Crippen molar-refractivity contribution in [1.82, 2.24) is 10.3 Å². The third kappa shape index (κ3) is 2.91. The Morgan fingerprint density at radius 3 is 2.56 bits per heavy atom. The van der Waals surface area contributed by atoms with Crippen molar-refractivity contribution in [3.05, 3.63) is 65.7 Å². The Labute approximate surface area is 105 Å². The third-order valence-electron chi connectivity index (χ3n) is 2.62. The molecule has 18 heavy (non-hydrogen) atoms. The second-order valence-corrected chi connectivity index (χ2v) is 3.96. The van der Waals surface area contributed by atoms with Crippen LogP contribution in [0.4, 0.5) is 4.39 Å². The molecule has 0 radical (unpaired) electrons. The molecule has 3 nitrogen and oxygen atoms in total. The van der Waals surface area contributed by atoms with E-state index < -0.39 is 0 Å². The Hall–Kier alpha value is -2.23. The van der Waals surface area contributed by atoms with Crippen LogP contribution in [0.25, 0.3) is 0 Å². The fraction of sp³-hybridized carbons (Fsp3) is 0.143. The van der Waals surface area contributed by atoms with E-state index in [1.807, 2.05) is 6.92 Å². The van der Waals surface area contributed by atoms with E-state index in [2.05, 4.69) is 10.3 Å². The van der Waals surface area contributed by atoms with Gasteiger partial charge in [0.05, 0.1) is 6.04 Å². The van der Waals surface area contributed by atoms with Gasteiger partial charge in [-0.2, -0.15) is 0 Å². The molecule has 0 spiro atoms. The molecule has 1 atom stereocenters. The van der Waals surface area contributed by atoms with Gasteiger partial charge in [0.2, 0.25) is 0 Å². The van der Waals surface area contributed by atoms with Crippen molar-refractivity contribution < 1.29 is 9.18 Å². The largest absolute Gasteiger partial charge is 0.344 e. The fourth-order valence-corrected chi connectivity index (χ4v) is 1.60. The third-order valence-corrected chi connectivity index (χ3v) is 2.62. The van der Waals surface area contributed by atoms with Gasteiger partial charge in [-0.3, -0.25) is 9.78 Å². The number of halogens is 1. The van der Waals surface area contributed by atoms with Crippen molar-refractivity contribution in [3.63, 3.8) is 0 Å². The highest BCUT2D eigenvalue weighted by Crippen LogP contribution is 2.13. The zero-order valence-electron chi connectivity index (χ0n) is 9.93. The molecule has 92 valence electrons. The number of nitrogens with zero attached hydrogens (tertiary/aromatic N) is 1. The summed E-state index contributed by atoms with van der Waals surface area (Å²) in [5.74, 6) is -0.533. The zero-order valence-corrected chi connectivity index (χ0v) is 9.93. The van der Waals surface area contributed by atoms with Crippen molar-refractivity contribution in [2.45, 2.75) is 13.0 Å². The molecule has 1 aromatic carbocycles. The summed E-state index contributed by atoms with van der Waals surface area (Å²) < 4.78 is 12.8. The summed E-state index contributed by atoms with van der Waals surface area (Å²) in [6.45, 7) is 1.84. The van der Waals surface area contributed by atoms with E-state index >= 15 is 0 Å². The van der Waals surface area contributed by atoms with Crippen LogP contribution in [0.1, 0.15) is 29.0 Å². The Morgan fingerprint density at radius 1 is 1.22 bits per heavy atom. The van der Waals surface area contributed by atoms with Crippen molar-refractivity contribution in [2.75, 3.05) is 0 Å². The van der Waals surface area contributed by atoms with E-state index in [9.17, 15) is 9.18 Å². The molecular weight excluding hydrogens is 231 g/mol. The van der Waals surface area contributed by atoms with Crippen LogP contribution in [0.15, 0.2) is 48.7 Å². The molecule has 0 aliphatic rings. The first-order valence-corrected chi connectivity index (χ1v) is 5.64. The van der Waals surface area contributed by atoms with Crippen LogP contribution in [-0.4, -0.2) is 10.9 Å². The number of hydrogen-bond donors (Lipinski definition) is 1. The summed E-state index contributed by atoms with van der Waals surface area (Å²) in [4.78, 5) is 15.8. The predicted molar refractivity (Wildman–Crippen MR) is 66.5 cm³/mol. The monoisotopic (exact) mass is 244 g/mol. The normalized spacial score (nSPS) is 11.9. The highest BCUT2D eigenvalue weighted by molar-refractivity contribution is 5.92. The number of aromatic nitrogens is 1. The molecule has 0 saturated heterocycles. The molecule has 2 aromatic rings. The first-order chi connectivity index (χ1) is 8.66. The van der Waals surface area contributed by atoms with Gasteiger partial charge in [-0.1, -0.05) is 18.2 Å². The van der Waals surface area contributed by atoms with Crippen LogP contribution in [-0.2, 0) is 0 Å². The summed E-state index contributed by atoms with van der Waals surface area (Å²) in [7, 11) is 0. The molecule has 1 N–H and O–H groups in total. The minimum atomic E-state index is -0.290. The van der Waals surface area contributed by atoms with E-state index in [-0.39, 0.29) is 17.8 Å². The van der Waals surface area contributed by atoms with Crippen LogP contribution in [0.3, 0.4) is 0 Å². The molecule has 1 heterocycles. The molecule has 0 bridgehead atoms. The van der Waals surface area contributed by atoms with Crippen molar-refractivity contribution in [1.29, 1.82) is 0 Å². The lowest BCUT2D eigenvalue weighted by atomic mass is 10.1. The van der Waals surface area contributed by atoms with Gasteiger partial charge in [-0.15, -0.1) is 0 Å². The summed E-state index contributed by atoms with van der Waals surface area (Å²) >= 11 is 0. The fourth-order valence-electron chi connectivity index (χ4n) is 1.60. The number of amides is 1. The van der Waals surface area contributed by atoms with Gasteiger partial charge in [0, 0.05) is 6.20 Å². The highest BCUT2D eigenvalue weighted by Gasteiger charge is 2.11. The van der Waals surface area contributed by atoms with Crippen LogP contribution < -0.4 is 5.32 Å². The maximum absolute atomic E-state index is 12.8. The maximum atomic E-state index is 12.8. The van der Waals surface area contributed by atoms with Gasteiger partial charge < -0.3 is 5.32 Å². The van der Waals surface area contributed by atoms with Gasteiger partial charge in [0.1, 0.15) is 11.5 Å². The number of benzene rings is 1. The lowest BCUT2D eigenvalue weighted by Crippen LogP contribution is -2.27. The van der Waals surface area contributed by atoms with E-state index in [1.54, 1.807) is 36.5 Å². The number of carbonyl (C=O) groups is 1. The van der Waals surface area contributed by atoms with Gasteiger partial charge in [-0.25, -0.2) is 4.39 Å². The van der Waals surface area contributed by atoms with Crippen molar-refractivity contribution in [2.24, 2.45) is 0 Å². The lowest BCUT2D eigenvalue weighted by molar-refractivity contribution is 0.0935. The van der Waals surface area contributed by atoms with E-state index in [0.717, 1.165) is 5.56 Å². The zero-order chi connectivity index (χ0) is 13.0. The Morgan fingerprint density at radius 2 is 1.94 bits per heavy atom. The molecule has 1 aromatic heterocycles. The van der Waals surface area contributed by atoms with Gasteiger partial charge in [0.25, 0.3) is 5.91 Å². The van der Waals surface area contributed by atoms with Crippen LogP contribution in [0, 0.1) is 5.82 Å². The number of nitrogens with one attached hydrogen (secondary N) is 1. The maximum Gasteiger partial charge on any atom is 0.270 e.